The summed E-state index contributed by atoms with van der Waals surface area (Å²) in [6.07, 6.45) is 5.79. The average molecular weight is 275 g/mol. The zero-order chi connectivity index (χ0) is 14.5. The number of nitrogens with zero attached hydrogens (tertiary/aromatic N) is 2. The maximum Gasteiger partial charge on any atom is 0.0572 e. The summed E-state index contributed by atoms with van der Waals surface area (Å²) in [7, 11) is 0. The Kier molecular flexibility index (Phi) is 5.41. The molecule has 2 heterocycles. The third kappa shape index (κ3) is 3.72. The van der Waals surface area contributed by atoms with E-state index in [0.717, 1.165) is 31.1 Å². The highest BCUT2D eigenvalue weighted by molar-refractivity contribution is 5.46. The van der Waals surface area contributed by atoms with E-state index in [0.29, 0.717) is 12.1 Å². The number of rotatable bonds is 5. The average Bonchev–Trinajstić information content (AvgIpc) is 2.45. The van der Waals surface area contributed by atoms with Gasteiger partial charge in [-0.25, -0.2) is 0 Å². The zero-order valence-electron chi connectivity index (χ0n) is 13.4. The first-order valence-electron chi connectivity index (χ1n) is 8.07. The first kappa shape index (κ1) is 15.3. The van der Waals surface area contributed by atoms with Crippen LogP contribution < -0.4 is 10.2 Å². The Bertz CT molecular complexity index is 401. The molecular weight excluding hydrogens is 246 g/mol. The monoisotopic (exact) mass is 275 g/mol. The van der Waals surface area contributed by atoms with Crippen LogP contribution in [0.4, 0.5) is 5.69 Å². The van der Waals surface area contributed by atoms with Gasteiger partial charge in [0.2, 0.25) is 0 Å². The Labute approximate surface area is 123 Å². The Balaban J connectivity index is 2.00. The van der Waals surface area contributed by atoms with Crippen LogP contribution in [0, 0.1) is 5.92 Å². The molecule has 0 aliphatic carbocycles. The first-order valence-corrected chi connectivity index (χ1v) is 8.07. The van der Waals surface area contributed by atoms with Gasteiger partial charge in [-0.3, -0.25) is 4.98 Å². The molecule has 1 aliphatic heterocycles. The van der Waals surface area contributed by atoms with Gasteiger partial charge in [0.1, 0.15) is 0 Å². The summed E-state index contributed by atoms with van der Waals surface area (Å²) in [5.41, 5.74) is 2.41. The molecule has 0 spiro atoms. The lowest BCUT2D eigenvalue weighted by Gasteiger charge is -2.38. The van der Waals surface area contributed by atoms with Crippen molar-refractivity contribution in [2.24, 2.45) is 5.92 Å². The molecule has 1 N–H and O–H groups in total. The Morgan fingerprint density at radius 1 is 1.40 bits per heavy atom. The highest BCUT2D eigenvalue weighted by Gasteiger charge is 2.23. The molecule has 2 rings (SSSR count). The SMILES string of the molecule is CCCNC(C)c1ccc(N2CCC(C)CC2C)cn1. The van der Waals surface area contributed by atoms with E-state index in [9.17, 15) is 0 Å². The van der Waals surface area contributed by atoms with Crippen molar-refractivity contribution >= 4 is 5.69 Å². The van der Waals surface area contributed by atoms with Crippen LogP contribution >= 0.6 is 0 Å². The molecule has 3 nitrogen and oxygen atoms in total. The van der Waals surface area contributed by atoms with E-state index in [1.807, 2.05) is 6.20 Å². The molecule has 1 saturated heterocycles. The predicted octanol–water partition coefficient (Wildman–Crippen LogP) is 3.77. The maximum absolute atomic E-state index is 4.66. The van der Waals surface area contributed by atoms with Crippen LogP contribution in [0.1, 0.15) is 58.7 Å². The third-order valence-electron chi connectivity index (χ3n) is 4.38. The highest BCUT2D eigenvalue weighted by Crippen LogP contribution is 2.27. The van der Waals surface area contributed by atoms with Gasteiger partial charge in [-0.15, -0.1) is 0 Å². The highest BCUT2D eigenvalue weighted by atomic mass is 15.2. The summed E-state index contributed by atoms with van der Waals surface area (Å²) in [6, 6.07) is 5.37. The van der Waals surface area contributed by atoms with Crippen molar-refractivity contribution in [3.63, 3.8) is 0 Å². The largest absolute Gasteiger partial charge is 0.368 e. The number of hydrogen-bond donors (Lipinski definition) is 1. The van der Waals surface area contributed by atoms with Crippen molar-refractivity contribution < 1.29 is 0 Å². The van der Waals surface area contributed by atoms with Crippen molar-refractivity contribution in [2.45, 2.75) is 59.0 Å². The van der Waals surface area contributed by atoms with Gasteiger partial charge in [0.15, 0.2) is 0 Å². The summed E-state index contributed by atoms with van der Waals surface area (Å²) in [4.78, 5) is 7.16. The Hall–Kier alpha value is -1.09. The molecular formula is C17H29N3. The van der Waals surface area contributed by atoms with E-state index in [2.05, 4.69) is 55.0 Å². The molecule has 0 radical (unpaired) electrons. The van der Waals surface area contributed by atoms with Gasteiger partial charge in [-0.1, -0.05) is 13.8 Å². The van der Waals surface area contributed by atoms with E-state index in [4.69, 9.17) is 0 Å². The quantitative estimate of drug-likeness (QED) is 0.886. The molecule has 3 unspecified atom stereocenters. The fourth-order valence-electron chi connectivity index (χ4n) is 3.08. The lowest BCUT2D eigenvalue weighted by atomic mass is 9.93. The minimum absolute atomic E-state index is 0.336. The van der Waals surface area contributed by atoms with E-state index < -0.39 is 0 Å². The molecule has 0 aromatic carbocycles. The summed E-state index contributed by atoms with van der Waals surface area (Å²) < 4.78 is 0. The Morgan fingerprint density at radius 3 is 2.80 bits per heavy atom. The fraction of sp³-hybridized carbons (Fsp3) is 0.706. The van der Waals surface area contributed by atoms with E-state index in [1.165, 1.54) is 18.5 Å². The molecule has 3 atom stereocenters. The van der Waals surface area contributed by atoms with E-state index >= 15 is 0 Å². The second-order valence-corrected chi connectivity index (χ2v) is 6.29. The predicted molar refractivity (Wildman–Crippen MR) is 86.2 cm³/mol. The van der Waals surface area contributed by atoms with Gasteiger partial charge < -0.3 is 10.2 Å². The van der Waals surface area contributed by atoms with Crippen molar-refractivity contribution in [3.05, 3.63) is 24.0 Å². The molecule has 0 bridgehead atoms. The molecule has 1 aliphatic rings. The fourth-order valence-corrected chi connectivity index (χ4v) is 3.08. The number of piperidine rings is 1. The first-order chi connectivity index (χ1) is 9.61. The van der Waals surface area contributed by atoms with Gasteiger partial charge in [0.25, 0.3) is 0 Å². The lowest BCUT2D eigenvalue weighted by Crippen LogP contribution is -2.40. The van der Waals surface area contributed by atoms with Gasteiger partial charge in [-0.2, -0.15) is 0 Å². The van der Waals surface area contributed by atoms with Crippen molar-refractivity contribution in [1.82, 2.24) is 10.3 Å². The topological polar surface area (TPSA) is 28.2 Å². The van der Waals surface area contributed by atoms with Gasteiger partial charge >= 0.3 is 0 Å². The van der Waals surface area contributed by atoms with Crippen molar-refractivity contribution in [2.75, 3.05) is 18.0 Å². The summed E-state index contributed by atoms with van der Waals surface area (Å²) in [5.74, 6) is 0.853. The summed E-state index contributed by atoms with van der Waals surface area (Å²) in [5, 5.41) is 3.49. The van der Waals surface area contributed by atoms with Gasteiger partial charge in [0, 0.05) is 18.6 Å². The number of pyridine rings is 1. The van der Waals surface area contributed by atoms with Crippen LogP contribution in [0.5, 0.6) is 0 Å². The van der Waals surface area contributed by atoms with Gasteiger partial charge in [-0.05, 0) is 57.7 Å². The molecule has 20 heavy (non-hydrogen) atoms. The number of aromatic nitrogens is 1. The second kappa shape index (κ2) is 7.07. The van der Waals surface area contributed by atoms with E-state index in [1.54, 1.807) is 0 Å². The van der Waals surface area contributed by atoms with E-state index in [-0.39, 0.29) is 0 Å². The zero-order valence-corrected chi connectivity index (χ0v) is 13.4. The maximum atomic E-state index is 4.66. The number of anilines is 1. The summed E-state index contributed by atoms with van der Waals surface area (Å²) >= 11 is 0. The minimum atomic E-state index is 0.336. The van der Waals surface area contributed by atoms with Crippen molar-refractivity contribution in [1.29, 1.82) is 0 Å². The molecule has 1 aromatic rings. The number of nitrogens with one attached hydrogen (secondary N) is 1. The van der Waals surface area contributed by atoms with Crippen LogP contribution in [-0.4, -0.2) is 24.1 Å². The molecule has 1 fully saturated rings. The van der Waals surface area contributed by atoms with Crippen LogP contribution in [0.2, 0.25) is 0 Å². The lowest BCUT2D eigenvalue weighted by molar-refractivity contribution is 0.377. The smallest absolute Gasteiger partial charge is 0.0572 e. The molecule has 0 amide bonds. The summed E-state index contributed by atoms with van der Waals surface area (Å²) in [6.45, 7) is 11.3. The van der Waals surface area contributed by atoms with Crippen molar-refractivity contribution in [3.8, 4) is 0 Å². The molecule has 3 heteroatoms. The number of hydrogen-bond acceptors (Lipinski definition) is 3. The standard InChI is InChI=1S/C17H29N3/c1-5-9-18-15(4)17-7-6-16(12-19-17)20-10-8-13(2)11-14(20)3/h6-7,12-15,18H,5,8-11H2,1-4H3. The van der Waals surface area contributed by atoms with Gasteiger partial charge in [0.05, 0.1) is 17.6 Å². The molecule has 0 saturated carbocycles. The molecule has 112 valence electrons. The Morgan fingerprint density at radius 2 is 2.20 bits per heavy atom. The normalized spacial score (nSPS) is 24.7. The van der Waals surface area contributed by atoms with Crippen LogP contribution in [-0.2, 0) is 0 Å². The van der Waals surface area contributed by atoms with Crippen LogP contribution in [0.15, 0.2) is 18.3 Å². The minimum Gasteiger partial charge on any atom is -0.368 e. The molecule has 1 aromatic heterocycles. The van der Waals surface area contributed by atoms with Crippen LogP contribution in [0.25, 0.3) is 0 Å². The third-order valence-corrected chi connectivity index (χ3v) is 4.38. The van der Waals surface area contributed by atoms with Crippen LogP contribution in [0.3, 0.4) is 0 Å². The second-order valence-electron chi connectivity index (χ2n) is 6.29.